The van der Waals surface area contributed by atoms with Gasteiger partial charge in [0.05, 0.1) is 38.1 Å². The van der Waals surface area contributed by atoms with Crippen LogP contribution in [-0.2, 0) is 43.2 Å². The van der Waals surface area contributed by atoms with Crippen LogP contribution in [-0.4, -0.2) is 124 Å². The van der Waals surface area contributed by atoms with E-state index in [2.05, 4.69) is 31.9 Å². The van der Waals surface area contributed by atoms with Crippen LogP contribution in [0.1, 0.15) is 60.3 Å². The molecule has 8 amide bonds. The first-order chi connectivity index (χ1) is 23.1. The number of carboxylic acid groups (broad SMARTS) is 1. The van der Waals surface area contributed by atoms with Gasteiger partial charge in [-0.3, -0.25) is 38.4 Å². The Hall–Kier alpha value is -4.89. The lowest BCUT2D eigenvalue weighted by molar-refractivity contribution is -0.143. The van der Waals surface area contributed by atoms with E-state index in [4.69, 9.17) is 17.2 Å². The predicted octanol–water partition coefficient (Wildman–Crippen LogP) is -5.85. The highest BCUT2D eigenvalue weighted by atomic mass is 16.4. The normalized spacial score (nSPS) is 15.8. The number of carboxylic acids is 1. The summed E-state index contributed by atoms with van der Waals surface area (Å²) in [6, 6.07) is -9.43. The van der Waals surface area contributed by atoms with Gasteiger partial charge in [0, 0.05) is 0 Å². The van der Waals surface area contributed by atoms with Gasteiger partial charge in [-0.05, 0) is 25.2 Å². The minimum Gasteiger partial charge on any atom is -0.480 e. The Morgan fingerprint density at radius 1 is 0.660 bits per heavy atom. The largest absolute Gasteiger partial charge is 0.480 e. The summed E-state index contributed by atoms with van der Waals surface area (Å²) in [6.45, 7) is 6.32. The molecule has 0 unspecified atom stereocenters. The molecule has 0 aliphatic carbocycles. The zero-order valence-electron chi connectivity index (χ0n) is 28.7. The van der Waals surface area contributed by atoms with E-state index in [0.29, 0.717) is 6.42 Å². The van der Waals surface area contributed by atoms with Crippen molar-refractivity contribution in [3.63, 3.8) is 0 Å². The van der Waals surface area contributed by atoms with Crippen LogP contribution < -0.4 is 49.1 Å². The summed E-state index contributed by atoms with van der Waals surface area (Å²) >= 11 is 0. The van der Waals surface area contributed by atoms with Gasteiger partial charge in [-0.15, -0.1) is 0 Å². The second kappa shape index (κ2) is 22.0. The number of nitrogens with two attached hydrogens (primary N) is 3. The maximum Gasteiger partial charge on any atom is 0.326 e. The predicted molar refractivity (Wildman–Crippen MR) is 174 cm³/mol. The number of carbonyl (C=O) groups is 9. The number of aliphatic hydroxyl groups is 2. The first kappa shape index (κ1) is 45.1. The Balaban J connectivity index is 5.79. The number of nitrogens with one attached hydrogen (secondary N) is 6. The molecule has 0 heterocycles. The Bertz CT molecular complexity index is 1250. The van der Waals surface area contributed by atoms with Crippen molar-refractivity contribution in [2.24, 2.45) is 29.0 Å². The van der Waals surface area contributed by atoms with Gasteiger partial charge in [-0.1, -0.05) is 34.1 Å². The average molecular weight is 718 g/mol. The smallest absolute Gasteiger partial charge is 0.326 e. The Morgan fingerprint density at radius 3 is 1.56 bits per heavy atom. The molecule has 0 bridgehead atoms. The highest BCUT2D eigenvalue weighted by molar-refractivity contribution is 5.98. The van der Waals surface area contributed by atoms with Gasteiger partial charge >= 0.3 is 5.97 Å². The summed E-state index contributed by atoms with van der Waals surface area (Å²) in [4.78, 5) is 111. The molecule has 21 nitrogen and oxygen atoms in total. The maximum absolute atomic E-state index is 13.1. The molecule has 0 radical (unpaired) electrons. The standard InChI is InChI=1S/C29H51N9O12/c1-6-13(4)22(32)27(47)33-10-21(43)34-15(8-19(30)41)24(44)37-18(11-39)26(46)35-16(9-20(31)42)25(45)38-23(14(5)40)28(48)36-17(29(49)50)7-12(2)3/h12-18,22-23,39-40H,6-11,32H2,1-5H3,(H2,30,41)(H2,31,42)(H,33,47)(H,34,43)(H,35,46)(H,36,48)(H,37,44)(H,38,45)(H,49,50)/t13-,14+,15-,16-,17-,18-,22-,23-/m0/s1. The van der Waals surface area contributed by atoms with E-state index in [1.165, 1.54) is 0 Å². The molecular weight excluding hydrogens is 666 g/mol. The van der Waals surface area contributed by atoms with Crippen molar-refractivity contribution >= 4 is 53.2 Å². The number of carbonyl (C=O) groups excluding carboxylic acids is 8. The summed E-state index contributed by atoms with van der Waals surface area (Å²) in [5, 5.41) is 42.3. The monoisotopic (exact) mass is 717 g/mol. The van der Waals surface area contributed by atoms with E-state index in [-0.39, 0.29) is 18.3 Å². The van der Waals surface area contributed by atoms with Crippen molar-refractivity contribution < 1.29 is 58.5 Å². The molecule has 0 saturated heterocycles. The molecule has 0 spiro atoms. The van der Waals surface area contributed by atoms with E-state index in [1.807, 2.05) is 6.92 Å². The molecule has 21 heteroatoms. The van der Waals surface area contributed by atoms with Crippen molar-refractivity contribution in [1.82, 2.24) is 31.9 Å². The fourth-order valence-electron chi connectivity index (χ4n) is 4.22. The van der Waals surface area contributed by atoms with Crippen LogP contribution in [0.15, 0.2) is 0 Å². The summed E-state index contributed by atoms with van der Waals surface area (Å²) in [5.74, 6) is -10.2. The number of hydrogen-bond acceptors (Lipinski definition) is 12. The van der Waals surface area contributed by atoms with Crippen molar-refractivity contribution in [2.75, 3.05) is 13.2 Å². The molecule has 0 fully saturated rings. The molecule has 0 aliphatic heterocycles. The summed E-state index contributed by atoms with van der Waals surface area (Å²) < 4.78 is 0. The topological polar surface area (TPSA) is 365 Å². The number of aliphatic carboxylic acids is 1. The Kier molecular flexibility index (Phi) is 19.8. The quantitative estimate of drug-likeness (QED) is 0.0469. The molecule has 0 aliphatic rings. The van der Waals surface area contributed by atoms with Crippen molar-refractivity contribution in [1.29, 1.82) is 0 Å². The maximum atomic E-state index is 13.1. The van der Waals surface area contributed by atoms with E-state index in [0.717, 1.165) is 6.92 Å². The van der Waals surface area contributed by atoms with Crippen molar-refractivity contribution in [3.8, 4) is 0 Å². The number of hydrogen-bond donors (Lipinski definition) is 12. The van der Waals surface area contributed by atoms with Crippen molar-refractivity contribution in [3.05, 3.63) is 0 Å². The summed E-state index contributed by atoms with van der Waals surface area (Å²) in [7, 11) is 0. The van der Waals surface area contributed by atoms with E-state index >= 15 is 0 Å². The van der Waals surface area contributed by atoms with Gasteiger partial charge in [0.2, 0.25) is 47.3 Å². The van der Waals surface area contributed by atoms with Gasteiger partial charge in [-0.2, -0.15) is 0 Å². The van der Waals surface area contributed by atoms with Crippen molar-refractivity contribution in [2.45, 2.75) is 103 Å². The lowest BCUT2D eigenvalue weighted by atomic mass is 9.99. The molecule has 50 heavy (non-hydrogen) atoms. The number of amides is 8. The van der Waals surface area contributed by atoms with E-state index in [1.54, 1.807) is 20.8 Å². The third-order valence-electron chi connectivity index (χ3n) is 7.28. The van der Waals surface area contributed by atoms with E-state index < -0.39 is 122 Å². The molecule has 0 saturated carbocycles. The van der Waals surface area contributed by atoms with Gasteiger partial charge in [0.25, 0.3) is 0 Å². The second-order valence-corrected chi connectivity index (χ2v) is 12.2. The van der Waals surface area contributed by atoms with Gasteiger partial charge in [0.15, 0.2) is 0 Å². The Labute approximate surface area is 288 Å². The summed E-state index contributed by atoms with van der Waals surface area (Å²) in [6.07, 6.45) is -2.63. The first-order valence-corrected chi connectivity index (χ1v) is 15.8. The van der Waals surface area contributed by atoms with E-state index in [9.17, 15) is 58.5 Å². The number of aliphatic hydroxyl groups excluding tert-OH is 2. The third kappa shape index (κ3) is 16.5. The average Bonchev–Trinajstić information content (AvgIpc) is 3.01. The van der Waals surface area contributed by atoms with Crippen LogP contribution >= 0.6 is 0 Å². The number of rotatable bonds is 23. The third-order valence-corrected chi connectivity index (χ3v) is 7.28. The van der Waals surface area contributed by atoms with Crippen LogP contribution in [0, 0.1) is 11.8 Å². The molecule has 0 rings (SSSR count). The number of primary amides is 2. The first-order valence-electron chi connectivity index (χ1n) is 15.8. The highest BCUT2D eigenvalue weighted by Gasteiger charge is 2.35. The highest BCUT2D eigenvalue weighted by Crippen LogP contribution is 2.07. The molecule has 284 valence electrons. The minimum absolute atomic E-state index is 0.0177. The molecule has 0 aromatic rings. The second-order valence-electron chi connectivity index (χ2n) is 12.2. The fourth-order valence-corrected chi connectivity index (χ4v) is 4.22. The fraction of sp³-hybridized carbons (Fsp3) is 0.690. The molecule has 15 N–H and O–H groups in total. The van der Waals surface area contributed by atoms with Crippen LogP contribution in [0.4, 0.5) is 0 Å². The van der Waals surface area contributed by atoms with Gasteiger partial charge in [-0.25, -0.2) is 4.79 Å². The Morgan fingerprint density at radius 2 is 1.12 bits per heavy atom. The van der Waals surface area contributed by atoms with Crippen LogP contribution in [0.3, 0.4) is 0 Å². The molecule has 0 aromatic heterocycles. The minimum atomic E-state index is -1.85. The van der Waals surface area contributed by atoms with Crippen LogP contribution in [0.25, 0.3) is 0 Å². The molecule has 8 atom stereocenters. The lowest BCUT2D eigenvalue weighted by Crippen LogP contribution is -2.61. The van der Waals surface area contributed by atoms with Crippen LogP contribution in [0.5, 0.6) is 0 Å². The van der Waals surface area contributed by atoms with Crippen LogP contribution in [0.2, 0.25) is 0 Å². The zero-order valence-corrected chi connectivity index (χ0v) is 28.7. The summed E-state index contributed by atoms with van der Waals surface area (Å²) in [5.41, 5.74) is 16.2. The lowest BCUT2D eigenvalue weighted by Gasteiger charge is -2.27. The molecular formula is C29H51N9O12. The van der Waals surface area contributed by atoms with Gasteiger partial charge < -0.3 is 64.4 Å². The SMILES string of the molecule is CC[C@H](C)[C@H](N)C(=O)NCC(=O)N[C@@H](CC(N)=O)C(=O)N[C@@H](CO)C(=O)N[C@@H](CC(N)=O)C(=O)N[C@H](C(=O)N[C@@H](CC(C)C)C(=O)O)[C@@H](C)O. The zero-order chi connectivity index (χ0) is 38.9. The van der Waals surface area contributed by atoms with Gasteiger partial charge in [0.1, 0.15) is 30.2 Å². The molecule has 0 aromatic carbocycles.